The first-order valence-electron chi connectivity index (χ1n) is 10.1. The van der Waals surface area contributed by atoms with Crippen LogP contribution in [-0.2, 0) is 17.6 Å². The lowest BCUT2D eigenvalue weighted by molar-refractivity contribution is -0.115. The molecular weight excluding hydrogens is 428 g/mol. The maximum atomic E-state index is 12.8. The number of thiazole rings is 1. The average Bonchev–Trinajstić information content (AvgIpc) is 3.27. The first-order chi connectivity index (χ1) is 15.1. The monoisotopic (exact) mass is 450 g/mol. The summed E-state index contributed by atoms with van der Waals surface area (Å²) in [5, 5.41) is 15.1. The van der Waals surface area contributed by atoms with Crippen molar-refractivity contribution in [2.24, 2.45) is 0 Å². The van der Waals surface area contributed by atoms with Crippen molar-refractivity contribution in [3.63, 3.8) is 0 Å². The summed E-state index contributed by atoms with van der Waals surface area (Å²) in [4.78, 5) is 22.0. The van der Waals surface area contributed by atoms with Gasteiger partial charge in [0.25, 0.3) is 0 Å². The summed E-state index contributed by atoms with van der Waals surface area (Å²) in [5.74, 6) is 0.590. The molecule has 1 aromatic carbocycles. The number of aromatic nitrogens is 2. The Morgan fingerprint density at radius 1 is 1.29 bits per heavy atom. The molecule has 8 heteroatoms. The molecule has 3 aromatic rings. The summed E-state index contributed by atoms with van der Waals surface area (Å²) in [7, 11) is 1.63. The molecule has 1 atom stereocenters. The lowest BCUT2D eigenvalue weighted by Gasteiger charge is -2.17. The van der Waals surface area contributed by atoms with Gasteiger partial charge < -0.3 is 10.1 Å². The summed E-state index contributed by atoms with van der Waals surface area (Å²) in [5.41, 5.74) is 4.47. The van der Waals surface area contributed by atoms with Crippen LogP contribution in [0, 0.1) is 11.3 Å². The van der Waals surface area contributed by atoms with Crippen molar-refractivity contribution in [3.8, 4) is 23.1 Å². The van der Waals surface area contributed by atoms with Gasteiger partial charge in [-0.05, 0) is 56.4 Å². The van der Waals surface area contributed by atoms with E-state index >= 15 is 0 Å². The van der Waals surface area contributed by atoms with Gasteiger partial charge in [0.2, 0.25) is 5.91 Å². The molecule has 0 saturated heterocycles. The first kappa shape index (κ1) is 21.3. The fourth-order valence-corrected chi connectivity index (χ4v) is 5.08. The summed E-state index contributed by atoms with van der Waals surface area (Å²) in [6.45, 7) is 1.82. The van der Waals surface area contributed by atoms with Gasteiger partial charge in [-0.1, -0.05) is 23.9 Å². The van der Waals surface area contributed by atoms with E-state index in [4.69, 9.17) is 9.72 Å². The fraction of sp³-hybridized carbons (Fsp3) is 0.304. The number of nitriles is 1. The number of hydrogen-bond acceptors (Lipinski definition) is 7. The number of benzene rings is 1. The summed E-state index contributed by atoms with van der Waals surface area (Å²) < 4.78 is 5.26. The zero-order valence-corrected chi connectivity index (χ0v) is 19.0. The van der Waals surface area contributed by atoms with E-state index in [2.05, 4.69) is 16.4 Å². The number of rotatable bonds is 6. The van der Waals surface area contributed by atoms with E-state index in [1.807, 2.05) is 42.6 Å². The zero-order chi connectivity index (χ0) is 21.8. The molecular formula is C23H22N4O2S2. The second kappa shape index (κ2) is 9.50. The third-order valence-corrected chi connectivity index (χ3v) is 7.00. The Kier molecular flexibility index (Phi) is 6.54. The zero-order valence-electron chi connectivity index (χ0n) is 17.3. The number of thioether (sulfide) groups is 1. The lowest BCUT2D eigenvalue weighted by Crippen LogP contribution is -2.22. The van der Waals surface area contributed by atoms with Gasteiger partial charge in [-0.15, -0.1) is 11.3 Å². The number of nitrogens with zero attached hydrogens (tertiary/aromatic N) is 3. The number of pyridine rings is 1. The number of amides is 1. The van der Waals surface area contributed by atoms with Gasteiger partial charge in [0.05, 0.1) is 23.6 Å². The van der Waals surface area contributed by atoms with Gasteiger partial charge in [0.15, 0.2) is 5.13 Å². The Labute approximate surface area is 189 Å². The van der Waals surface area contributed by atoms with E-state index in [-0.39, 0.29) is 5.91 Å². The largest absolute Gasteiger partial charge is 0.497 e. The van der Waals surface area contributed by atoms with Crippen molar-refractivity contribution in [3.05, 3.63) is 52.5 Å². The number of aryl methyl sites for hydroxylation is 2. The maximum Gasteiger partial charge on any atom is 0.239 e. The Morgan fingerprint density at radius 3 is 2.94 bits per heavy atom. The van der Waals surface area contributed by atoms with E-state index < -0.39 is 5.25 Å². The SMILES string of the molecule is COc1cccc(-c2csc(NC(=O)C(C)Sc3nc4c(cc3C#N)CCCC4)n2)c1. The molecule has 0 spiro atoms. The third-order valence-electron chi connectivity index (χ3n) is 5.14. The molecule has 1 aliphatic carbocycles. The second-order valence-electron chi connectivity index (χ2n) is 7.28. The van der Waals surface area contributed by atoms with E-state index in [1.54, 1.807) is 7.11 Å². The molecule has 1 unspecified atom stereocenters. The highest BCUT2D eigenvalue weighted by atomic mass is 32.2. The molecule has 1 N–H and O–H groups in total. The Balaban J connectivity index is 1.45. The smallest absolute Gasteiger partial charge is 0.239 e. The van der Waals surface area contributed by atoms with Gasteiger partial charge in [0.1, 0.15) is 16.8 Å². The van der Waals surface area contributed by atoms with Crippen molar-refractivity contribution >= 4 is 34.1 Å². The van der Waals surface area contributed by atoms with Crippen LogP contribution in [0.4, 0.5) is 5.13 Å². The average molecular weight is 451 g/mol. The van der Waals surface area contributed by atoms with Crippen LogP contribution in [0.25, 0.3) is 11.3 Å². The van der Waals surface area contributed by atoms with Crippen molar-refractivity contribution < 1.29 is 9.53 Å². The van der Waals surface area contributed by atoms with Gasteiger partial charge >= 0.3 is 0 Å². The third kappa shape index (κ3) is 4.89. The lowest BCUT2D eigenvalue weighted by atomic mass is 9.95. The van der Waals surface area contributed by atoms with Crippen LogP contribution in [0.15, 0.2) is 40.7 Å². The van der Waals surface area contributed by atoms with Crippen LogP contribution in [-0.4, -0.2) is 28.2 Å². The van der Waals surface area contributed by atoms with Crippen molar-refractivity contribution in [1.29, 1.82) is 5.26 Å². The predicted molar refractivity (Wildman–Crippen MR) is 124 cm³/mol. The standard InChI is InChI=1S/C23H22N4O2S2/c1-14(31-22-17(12-24)10-15-6-3-4-9-19(15)25-22)21(28)27-23-26-20(13-30-23)16-7-5-8-18(11-16)29-2/h5,7-8,10-11,13-14H,3-4,6,9H2,1-2H3,(H,26,27,28). The quantitative estimate of drug-likeness (QED) is 0.527. The van der Waals surface area contributed by atoms with E-state index in [1.165, 1.54) is 23.1 Å². The number of carbonyl (C=O) groups excluding carboxylic acids is 1. The second-order valence-corrected chi connectivity index (χ2v) is 9.47. The van der Waals surface area contributed by atoms with Crippen LogP contribution >= 0.6 is 23.1 Å². The number of anilines is 1. The topological polar surface area (TPSA) is 87.9 Å². The van der Waals surface area contributed by atoms with E-state index in [0.29, 0.717) is 15.7 Å². The fourth-order valence-electron chi connectivity index (χ4n) is 3.46. The number of fused-ring (bicyclic) bond motifs is 1. The summed E-state index contributed by atoms with van der Waals surface area (Å²) in [6, 6.07) is 11.8. The molecule has 2 heterocycles. The van der Waals surface area contributed by atoms with Crippen LogP contribution in [0.2, 0.25) is 0 Å². The molecule has 0 radical (unpaired) electrons. The number of nitrogens with one attached hydrogen (secondary N) is 1. The van der Waals surface area contributed by atoms with E-state index in [0.717, 1.165) is 53.9 Å². The van der Waals surface area contributed by atoms with Crippen molar-refractivity contribution in [2.45, 2.75) is 42.9 Å². The molecule has 6 nitrogen and oxygen atoms in total. The number of carbonyl (C=O) groups is 1. The number of ether oxygens (including phenoxy) is 1. The minimum absolute atomic E-state index is 0.167. The summed E-state index contributed by atoms with van der Waals surface area (Å²) >= 11 is 2.69. The minimum atomic E-state index is -0.412. The molecule has 0 bridgehead atoms. The molecule has 31 heavy (non-hydrogen) atoms. The van der Waals surface area contributed by atoms with Gasteiger partial charge in [-0.3, -0.25) is 4.79 Å². The molecule has 0 fully saturated rings. The molecule has 158 valence electrons. The molecule has 1 amide bonds. The number of hydrogen-bond donors (Lipinski definition) is 1. The molecule has 2 aromatic heterocycles. The summed E-state index contributed by atoms with van der Waals surface area (Å²) in [6.07, 6.45) is 4.15. The van der Waals surface area contributed by atoms with Crippen LogP contribution in [0.3, 0.4) is 0 Å². The first-order valence-corrected chi connectivity index (χ1v) is 11.8. The van der Waals surface area contributed by atoms with Crippen molar-refractivity contribution in [2.75, 3.05) is 12.4 Å². The number of methoxy groups -OCH3 is 1. The maximum absolute atomic E-state index is 12.8. The van der Waals surface area contributed by atoms with Gasteiger partial charge in [0, 0.05) is 16.6 Å². The molecule has 1 aliphatic rings. The molecule has 0 saturated carbocycles. The minimum Gasteiger partial charge on any atom is -0.497 e. The highest BCUT2D eigenvalue weighted by Gasteiger charge is 2.21. The molecule has 0 aliphatic heterocycles. The van der Waals surface area contributed by atoms with Gasteiger partial charge in [-0.2, -0.15) is 5.26 Å². The Hall–Kier alpha value is -2.89. The Bertz CT molecular complexity index is 1150. The highest BCUT2D eigenvalue weighted by molar-refractivity contribution is 8.00. The normalized spacial score (nSPS) is 13.7. The van der Waals surface area contributed by atoms with Crippen molar-refractivity contribution in [1.82, 2.24) is 9.97 Å². The van der Waals surface area contributed by atoms with Gasteiger partial charge in [-0.25, -0.2) is 9.97 Å². The van der Waals surface area contributed by atoms with Crippen LogP contribution in [0.1, 0.15) is 36.6 Å². The predicted octanol–water partition coefficient (Wildman–Crippen LogP) is 5.08. The highest BCUT2D eigenvalue weighted by Crippen LogP contribution is 2.31. The van der Waals surface area contributed by atoms with Crippen LogP contribution in [0.5, 0.6) is 5.75 Å². The van der Waals surface area contributed by atoms with Crippen LogP contribution < -0.4 is 10.1 Å². The Morgan fingerprint density at radius 2 is 2.13 bits per heavy atom. The van der Waals surface area contributed by atoms with E-state index in [9.17, 15) is 10.1 Å². The molecule has 4 rings (SSSR count).